The lowest BCUT2D eigenvalue weighted by Gasteiger charge is -2.05. The van der Waals surface area contributed by atoms with E-state index in [1.165, 1.54) is 0 Å². The van der Waals surface area contributed by atoms with Gasteiger partial charge in [0.15, 0.2) is 0 Å². The minimum absolute atomic E-state index is 0.127. The molecule has 0 saturated carbocycles. The lowest BCUT2D eigenvalue weighted by Crippen LogP contribution is -2.04. The number of hydrogen-bond acceptors (Lipinski definition) is 4. The van der Waals surface area contributed by atoms with Crippen LogP contribution in [-0.2, 0) is 9.53 Å². The molecule has 5 heteroatoms. The van der Waals surface area contributed by atoms with E-state index in [-0.39, 0.29) is 5.97 Å². The molecule has 0 aromatic carbocycles. The third kappa shape index (κ3) is 6.45. The summed E-state index contributed by atoms with van der Waals surface area (Å²) in [4.78, 5) is 15.0. The summed E-state index contributed by atoms with van der Waals surface area (Å²) < 4.78 is 10.3. The van der Waals surface area contributed by atoms with Crippen LogP contribution in [0.2, 0.25) is 5.02 Å². The zero-order chi connectivity index (χ0) is 13.2. The molecule has 1 aromatic heterocycles. The molecule has 0 N–H and O–H groups in total. The summed E-state index contributed by atoms with van der Waals surface area (Å²) in [6, 6.07) is 1.73. The normalized spacial score (nSPS) is 10.1. The standard InChI is InChI=1S/C13H18ClNO3/c1-2-17-13(16)6-4-3-5-7-18-12-8-11(14)9-15-10-12/h8-10H,2-7H2,1H3. The van der Waals surface area contributed by atoms with E-state index in [4.69, 9.17) is 21.1 Å². The van der Waals surface area contributed by atoms with E-state index in [1.54, 1.807) is 18.5 Å². The molecule has 18 heavy (non-hydrogen) atoms. The minimum atomic E-state index is -0.127. The van der Waals surface area contributed by atoms with Gasteiger partial charge in [-0.1, -0.05) is 11.6 Å². The fraction of sp³-hybridized carbons (Fsp3) is 0.538. The fourth-order valence-corrected chi connectivity index (χ4v) is 1.61. The van der Waals surface area contributed by atoms with Crippen molar-refractivity contribution in [1.82, 2.24) is 4.98 Å². The Morgan fingerprint density at radius 3 is 2.89 bits per heavy atom. The van der Waals surface area contributed by atoms with Gasteiger partial charge in [0.05, 0.1) is 24.4 Å². The lowest BCUT2D eigenvalue weighted by atomic mass is 10.2. The van der Waals surface area contributed by atoms with Crippen LogP contribution in [0.4, 0.5) is 0 Å². The lowest BCUT2D eigenvalue weighted by molar-refractivity contribution is -0.143. The Balaban J connectivity index is 2.04. The van der Waals surface area contributed by atoms with Crippen molar-refractivity contribution in [1.29, 1.82) is 0 Å². The summed E-state index contributed by atoms with van der Waals surface area (Å²) in [5.41, 5.74) is 0. The van der Waals surface area contributed by atoms with Gasteiger partial charge in [-0.05, 0) is 26.2 Å². The smallest absolute Gasteiger partial charge is 0.305 e. The molecule has 4 nitrogen and oxygen atoms in total. The van der Waals surface area contributed by atoms with E-state index in [0.717, 1.165) is 19.3 Å². The van der Waals surface area contributed by atoms with Crippen LogP contribution in [0, 0.1) is 0 Å². The zero-order valence-corrected chi connectivity index (χ0v) is 11.3. The maximum Gasteiger partial charge on any atom is 0.305 e. The van der Waals surface area contributed by atoms with Gasteiger partial charge in [0, 0.05) is 18.7 Å². The van der Waals surface area contributed by atoms with Gasteiger partial charge in [0.25, 0.3) is 0 Å². The van der Waals surface area contributed by atoms with Crippen molar-refractivity contribution in [3.05, 3.63) is 23.5 Å². The Labute approximate surface area is 112 Å². The summed E-state index contributed by atoms with van der Waals surface area (Å²) >= 11 is 5.78. The third-order valence-electron chi connectivity index (χ3n) is 2.28. The molecule has 0 fully saturated rings. The number of hydrogen-bond donors (Lipinski definition) is 0. The molecule has 0 saturated heterocycles. The van der Waals surface area contributed by atoms with Crippen LogP contribution in [-0.4, -0.2) is 24.2 Å². The molecule has 1 heterocycles. The van der Waals surface area contributed by atoms with Gasteiger partial charge >= 0.3 is 5.97 Å². The predicted octanol–water partition coefficient (Wildman–Crippen LogP) is 3.24. The first-order valence-electron chi connectivity index (χ1n) is 6.11. The average Bonchev–Trinajstić information content (AvgIpc) is 2.34. The summed E-state index contributed by atoms with van der Waals surface area (Å²) in [6.07, 6.45) is 6.33. The van der Waals surface area contributed by atoms with Crippen LogP contribution in [0.3, 0.4) is 0 Å². The molecule has 0 aliphatic heterocycles. The van der Waals surface area contributed by atoms with E-state index >= 15 is 0 Å². The van der Waals surface area contributed by atoms with Gasteiger partial charge in [-0.2, -0.15) is 0 Å². The van der Waals surface area contributed by atoms with Crippen molar-refractivity contribution in [2.75, 3.05) is 13.2 Å². The van der Waals surface area contributed by atoms with E-state index in [2.05, 4.69) is 4.98 Å². The molecule has 0 atom stereocenters. The van der Waals surface area contributed by atoms with Crippen LogP contribution in [0.5, 0.6) is 5.75 Å². The van der Waals surface area contributed by atoms with Crippen LogP contribution in [0.25, 0.3) is 0 Å². The molecule has 0 aliphatic carbocycles. The Morgan fingerprint density at radius 1 is 1.33 bits per heavy atom. The monoisotopic (exact) mass is 271 g/mol. The maximum absolute atomic E-state index is 11.1. The van der Waals surface area contributed by atoms with Crippen molar-refractivity contribution >= 4 is 17.6 Å². The Hall–Kier alpha value is -1.29. The predicted molar refractivity (Wildman–Crippen MR) is 69.8 cm³/mol. The summed E-state index contributed by atoms with van der Waals surface area (Å²) in [6.45, 7) is 2.86. The number of halogens is 1. The topological polar surface area (TPSA) is 48.4 Å². The maximum atomic E-state index is 11.1. The summed E-state index contributed by atoms with van der Waals surface area (Å²) in [5, 5.41) is 0.565. The number of carbonyl (C=O) groups excluding carboxylic acids is 1. The third-order valence-corrected chi connectivity index (χ3v) is 2.49. The highest BCUT2D eigenvalue weighted by Crippen LogP contribution is 2.15. The number of pyridine rings is 1. The average molecular weight is 272 g/mol. The molecule has 1 aromatic rings. The highest BCUT2D eigenvalue weighted by Gasteiger charge is 2.01. The van der Waals surface area contributed by atoms with Crippen LogP contribution < -0.4 is 4.74 Å². The van der Waals surface area contributed by atoms with Gasteiger partial charge in [0.2, 0.25) is 0 Å². The van der Waals surface area contributed by atoms with Gasteiger partial charge in [-0.15, -0.1) is 0 Å². The van der Waals surface area contributed by atoms with E-state index < -0.39 is 0 Å². The van der Waals surface area contributed by atoms with Crippen LogP contribution in [0.15, 0.2) is 18.5 Å². The second-order valence-corrected chi connectivity index (χ2v) is 4.24. The van der Waals surface area contributed by atoms with Crippen molar-refractivity contribution in [3.8, 4) is 5.75 Å². The quantitative estimate of drug-likeness (QED) is 0.538. The number of unbranched alkanes of at least 4 members (excludes halogenated alkanes) is 2. The molecule has 0 unspecified atom stereocenters. The number of aromatic nitrogens is 1. The van der Waals surface area contributed by atoms with Crippen molar-refractivity contribution in [2.24, 2.45) is 0 Å². The summed E-state index contributed by atoms with van der Waals surface area (Å²) in [7, 11) is 0. The molecule has 0 aliphatic rings. The summed E-state index contributed by atoms with van der Waals surface area (Å²) in [5.74, 6) is 0.547. The number of ether oxygens (including phenoxy) is 2. The van der Waals surface area contributed by atoms with Gasteiger partial charge in [0.1, 0.15) is 5.75 Å². The number of nitrogens with zero attached hydrogens (tertiary/aromatic N) is 1. The van der Waals surface area contributed by atoms with E-state index in [1.807, 2.05) is 6.92 Å². The molecule has 0 radical (unpaired) electrons. The second kappa shape index (κ2) is 8.75. The SMILES string of the molecule is CCOC(=O)CCCCCOc1cncc(Cl)c1. The van der Waals surface area contributed by atoms with Gasteiger partial charge in [-0.3, -0.25) is 9.78 Å². The van der Waals surface area contributed by atoms with Crippen molar-refractivity contribution in [2.45, 2.75) is 32.6 Å². The molecular formula is C13H18ClNO3. The minimum Gasteiger partial charge on any atom is -0.492 e. The van der Waals surface area contributed by atoms with Gasteiger partial charge < -0.3 is 9.47 Å². The highest BCUT2D eigenvalue weighted by atomic mass is 35.5. The number of rotatable bonds is 8. The molecule has 0 amide bonds. The fourth-order valence-electron chi connectivity index (χ4n) is 1.44. The van der Waals surface area contributed by atoms with E-state index in [9.17, 15) is 4.79 Å². The number of esters is 1. The molecule has 100 valence electrons. The van der Waals surface area contributed by atoms with E-state index in [0.29, 0.717) is 30.4 Å². The number of carbonyl (C=O) groups is 1. The van der Waals surface area contributed by atoms with Crippen LogP contribution >= 0.6 is 11.6 Å². The Bertz CT molecular complexity index is 371. The highest BCUT2D eigenvalue weighted by molar-refractivity contribution is 6.30. The molecule has 0 spiro atoms. The largest absolute Gasteiger partial charge is 0.492 e. The first-order valence-corrected chi connectivity index (χ1v) is 6.49. The molecule has 0 bridgehead atoms. The Morgan fingerprint density at radius 2 is 2.17 bits per heavy atom. The Kier molecular flexibility index (Phi) is 7.18. The van der Waals surface area contributed by atoms with Crippen LogP contribution in [0.1, 0.15) is 32.6 Å². The second-order valence-electron chi connectivity index (χ2n) is 3.80. The van der Waals surface area contributed by atoms with Gasteiger partial charge in [-0.25, -0.2) is 0 Å². The molecular weight excluding hydrogens is 254 g/mol. The van der Waals surface area contributed by atoms with Crippen molar-refractivity contribution in [3.63, 3.8) is 0 Å². The molecule has 1 rings (SSSR count). The van der Waals surface area contributed by atoms with Crippen molar-refractivity contribution < 1.29 is 14.3 Å². The first-order chi connectivity index (χ1) is 8.72. The zero-order valence-electron chi connectivity index (χ0n) is 10.5. The first kappa shape index (κ1) is 14.8.